The lowest BCUT2D eigenvalue weighted by atomic mass is 9.74. The third-order valence-electron chi connectivity index (χ3n) is 5.29. The van der Waals surface area contributed by atoms with Crippen LogP contribution in [-0.2, 0) is 10.2 Å². The highest BCUT2D eigenvalue weighted by atomic mass is 35.5. The first-order valence-electron chi connectivity index (χ1n) is 9.22. The Bertz CT molecular complexity index is 629. The normalized spacial score (nSPS) is 23.0. The molecule has 0 amide bonds. The number of rotatable bonds is 5. The van der Waals surface area contributed by atoms with Crippen molar-refractivity contribution in [3.8, 4) is 0 Å². The summed E-state index contributed by atoms with van der Waals surface area (Å²) < 4.78 is 5.61. The second kappa shape index (κ2) is 9.54. The lowest BCUT2D eigenvalue weighted by Gasteiger charge is -2.39. The fourth-order valence-electron chi connectivity index (χ4n) is 3.71. The van der Waals surface area contributed by atoms with Gasteiger partial charge in [0.15, 0.2) is 5.96 Å². The van der Waals surface area contributed by atoms with Crippen LogP contribution in [0.15, 0.2) is 23.2 Å². The third kappa shape index (κ3) is 5.00. The summed E-state index contributed by atoms with van der Waals surface area (Å²) in [5.41, 5.74) is 1.07. The number of thioether (sulfide) groups is 1. The van der Waals surface area contributed by atoms with Crippen molar-refractivity contribution in [3.05, 3.63) is 33.8 Å². The van der Waals surface area contributed by atoms with Gasteiger partial charge in [0.2, 0.25) is 0 Å². The van der Waals surface area contributed by atoms with E-state index >= 15 is 0 Å². The van der Waals surface area contributed by atoms with E-state index in [0.29, 0.717) is 10.3 Å². The lowest BCUT2D eigenvalue weighted by molar-refractivity contribution is 0.0514. The summed E-state index contributed by atoms with van der Waals surface area (Å²) in [7, 11) is 1.82. The van der Waals surface area contributed by atoms with E-state index in [1.807, 2.05) is 30.9 Å². The van der Waals surface area contributed by atoms with Gasteiger partial charge in [-0.25, -0.2) is 0 Å². The summed E-state index contributed by atoms with van der Waals surface area (Å²) in [6.45, 7) is 3.22. The molecule has 2 heterocycles. The molecule has 7 heteroatoms. The Labute approximate surface area is 170 Å². The van der Waals surface area contributed by atoms with Crippen LogP contribution in [0.2, 0.25) is 10.0 Å². The van der Waals surface area contributed by atoms with Crippen LogP contribution in [0.5, 0.6) is 0 Å². The zero-order valence-electron chi connectivity index (χ0n) is 15.2. The Kier molecular flexibility index (Phi) is 7.38. The summed E-state index contributed by atoms with van der Waals surface area (Å²) in [5.74, 6) is 2.13. The quantitative estimate of drug-likeness (QED) is 0.561. The Morgan fingerprint density at radius 3 is 2.77 bits per heavy atom. The van der Waals surface area contributed by atoms with E-state index < -0.39 is 0 Å². The van der Waals surface area contributed by atoms with E-state index in [1.165, 1.54) is 18.6 Å². The molecule has 26 heavy (non-hydrogen) atoms. The number of halogens is 2. The molecule has 0 aromatic heterocycles. The Morgan fingerprint density at radius 2 is 2.12 bits per heavy atom. The van der Waals surface area contributed by atoms with Gasteiger partial charge in [0.25, 0.3) is 0 Å². The molecule has 1 unspecified atom stereocenters. The minimum absolute atomic E-state index is 0.0698. The molecule has 4 nitrogen and oxygen atoms in total. The fraction of sp³-hybridized carbons (Fsp3) is 0.632. The van der Waals surface area contributed by atoms with Crippen molar-refractivity contribution in [1.29, 1.82) is 0 Å². The maximum atomic E-state index is 6.55. The molecule has 0 radical (unpaired) electrons. The second-order valence-electron chi connectivity index (χ2n) is 6.96. The second-order valence-corrected chi connectivity index (χ2v) is 9.21. The van der Waals surface area contributed by atoms with Crippen molar-refractivity contribution >= 4 is 40.9 Å². The molecule has 1 atom stereocenters. The lowest BCUT2D eigenvalue weighted by Crippen LogP contribution is -2.49. The topological polar surface area (TPSA) is 45.7 Å². The van der Waals surface area contributed by atoms with E-state index in [4.69, 9.17) is 27.9 Å². The van der Waals surface area contributed by atoms with Gasteiger partial charge < -0.3 is 15.4 Å². The summed E-state index contributed by atoms with van der Waals surface area (Å²) in [4.78, 5) is 4.39. The summed E-state index contributed by atoms with van der Waals surface area (Å²) in [6, 6.07) is 5.81. The minimum atomic E-state index is -0.0698. The van der Waals surface area contributed by atoms with Gasteiger partial charge in [-0.1, -0.05) is 29.3 Å². The molecule has 144 valence electrons. The molecule has 2 aliphatic rings. The van der Waals surface area contributed by atoms with Gasteiger partial charge in [0.05, 0.1) is 0 Å². The van der Waals surface area contributed by atoms with Crippen LogP contribution in [0, 0.1) is 0 Å². The molecule has 3 rings (SSSR count). The Balaban J connectivity index is 1.67. The number of guanidine groups is 1. The molecule has 0 aliphatic carbocycles. The first-order chi connectivity index (χ1) is 12.6. The molecule has 2 aliphatic heterocycles. The number of benzene rings is 1. The predicted octanol–water partition coefficient (Wildman–Crippen LogP) is 4.10. The number of nitrogens with zero attached hydrogens (tertiary/aromatic N) is 1. The third-order valence-corrected chi connectivity index (χ3v) is 7.24. The minimum Gasteiger partial charge on any atom is -0.381 e. The zero-order chi connectivity index (χ0) is 18.4. The SMILES string of the molecule is CN=C(NCC1CCCS1)NCC1(c2ccc(Cl)cc2Cl)CCOCC1. The van der Waals surface area contributed by atoms with Crippen LogP contribution in [0.1, 0.15) is 31.2 Å². The predicted molar refractivity (Wildman–Crippen MR) is 113 cm³/mol. The number of hydrogen-bond donors (Lipinski definition) is 2. The van der Waals surface area contributed by atoms with Crippen LogP contribution in [0.3, 0.4) is 0 Å². The average molecular weight is 416 g/mol. The van der Waals surface area contributed by atoms with E-state index in [1.54, 1.807) is 0 Å². The van der Waals surface area contributed by atoms with Gasteiger partial charge in [-0.2, -0.15) is 11.8 Å². The molecule has 0 saturated carbocycles. The van der Waals surface area contributed by atoms with Crippen molar-refractivity contribution in [2.45, 2.75) is 36.3 Å². The molecule has 1 aromatic rings. The standard InChI is InChI=1S/C19H27Cl2N3OS/c1-22-18(23-12-15-3-2-10-26-15)24-13-19(6-8-25-9-7-19)16-5-4-14(20)11-17(16)21/h4-5,11,15H,2-3,6-10,12-13H2,1H3,(H2,22,23,24). The van der Waals surface area contributed by atoms with Crippen molar-refractivity contribution < 1.29 is 4.74 Å². The van der Waals surface area contributed by atoms with Crippen molar-refractivity contribution in [2.24, 2.45) is 4.99 Å². The number of hydrogen-bond acceptors (Lipinski definition) is 3. The van der Waals surface area contributed by atoms with Gasteiger partial charge in [0.1, 0.15) is 0 Å². The van der Waals surface area contributed by atoms with E-state index in [2.05, 4.69) is 21.7 Å². The summed E-state index contributed by atoms with van der Waals surface area (Å²) >= 11 is 14.7. The Hall–Kier alpha value is -0.620. The van der Waals surface area contributed by atoms with Crippen LogP contribution >= 0.6 is 35.0 Å². The molecule has 2 fully saturated rings. The molecule has 2 N–H and O–H groups in total. The molecule has 2 saturated heterocycles. The van der Waals surface area contributed by atoms with Crippen LogP contribution in [0.25, 0.3) is 0 Å². The van der Waals surface area contributed by atoms with Crippen molar-refractivity contribution in [3.63, 3.8) is 0 Å². The summed E-state index contributed by atoms with van der Waals surface area (Å²) in [5, 5.41) is 9.09. The number of aliphatic imine (C=N–C) groups is 1. The smallest absolute Gasteiger partial charge is 0.191 e. The van der Waals surface area contributed by atoms with Crippen molar-refractivity contribution in [1.82, 2.24) is 10.6 Å². The van der Waals surface area contributed by atoms with Crippen LogP contribution < -0.4 is 10.6 Å². The number of nitrogens with one attached hydrogen (secondary N) is 2. The zero-order valence-corrected chi connectivity index (χ0v) is 17.5. The van der Waals surface area contributed by atoms with Gasteiger partial charge in [-0.15, -0.1) is 0 Å². The number of ether oxygens (including phenoxy) is 1. The molecule has 1 aromatic carbocycles. The maximum Gasteiger partial charge on any atom is 0.191 e. The monoisotopic (exact) mass is 415 g/mol. The fourth-order valence-corrected chi connectivity index (χ4v) is 5.52. The summed E-state index contributed by atoms with van der Waals surface area (Å²) in [6.07, 6.45) is 4.46. The maximum absolute atomic E-state index is 6.55. The molecule has 0 bridgehead atoms. The van der Waals surface area contributed by atoms with Crippen LogP contribution in [-0.4, -0.2) is 50.3 Å². The highest BCUT2D eigenvalue weighted by Gasteiger charge is 2.36. The highest BCUT2D eigenvalue weighted by molar-refractivity contribution is 8.00. The van der Waals surface area contributed by atoms with Gasteiger partial charge in [0, 0.05) is 54.1 Å². The molecular formula is C19H27Cl2N3OS. The van der Waals surface area contributed by atoms with E-state index in [-0.39, 0.29) is 5.41 Å². The Morgan fingerprint density at radius 1 is 1.31 bits per heavy atom. The van der Waals surface area contributed by atoms with Crippen molar-refractivity contribution in [2.75, 3.05) is 39.1 Å². The molecular weight excluding hydrogens is 389 g/mol. The molecule has 0 spiro atoms. The average Bonchev–Trinajstić information content (AvgIpc) is 3.16. The first kappa shape index (κ1) is 20.1. The van der Waals surface area contributed by atoms with Crippen LogP contribution in [0.4, 0.5) is 0 Å². The van der Waals surface area contributed by atoms with E-state index in [9.17, 15) is 0 Å². The van der Waals surface area contributed by atoms with E-state index in [0.717, 1.165) is 55.7 Å². The van der Waals surface area contributed by atoms with Gasteiger partial charge in [-0.3, -0.25) is 4.99 Å². The largest absolute Gasteiger partial charge is 0.381 e. The first-order valence-corrected chi connectivity index (χ1v) is 11.0. The highest BCUT2D eigenvalue weighted by Crippen LogP contribution is 2.39. The van der Waals surface area contributed by atoms with Gasteiger partial charge in [-0.05, 0) is 49.1 Å². The van der Waals surface area contributed by atoms with Gasteiger partial charge >= 0.3 is 0 Å².